The summed E-state index contributed by atoms with van der Waals surface area (Å²) in [4.78, 5) is 14.4. The minimum Gasteiger partial charge on any atom is -0.337 e. The zero-order chi connectivity index (χ0) is 18.7. The molecule has 0 aliphatic carbocycles. The summed E-state index contributed by atoms with van der Waals surface area (Å²) in [5.41, 5.74) is 1.68. The van der Waals surface area contributed by atoms with Crippen LogP contribution in [0.15, 0.2) is 53.4 Å². The van der Waals surface area contributed by atoms with Gasteiger partial charge in [0.15, 0.2) is 0 Å². The summed E-state index contributed by atoms with van der Waals surface area (Å²) >= 11 is 0. The van der Waals surface area contributed by atoms with Crippen molar-refractivity contribution in [2.75, 3.05) is 13.1 Å². The second-order valence-electron chi connectivity index (χ2n) is 6.34. The molecular formula is C19H19N3O3S. The molecule has 134 valence electrons. The number of nitrogens with two attached hydrogens (primary N) is 1. The van der Waals surface area contributed by atoms with Crippen molar-refractivity contribution >= 4 is 15.9 Å². The number of hydrogen-bond donors (Lipinski definition) is 1. The predicted octanol–water partition coefficient (Wildman–Crippen LogP) is 2.38. The molecule has 1 saturated heterocycles. The van der Waals surface area contributed by atoms with Gasteiger partial charge in [-0.05, 0) is 36.6 Å². The van der Waals surface area contributed by atoms with Crippen molar-refractivity contribution in [2.24, 2.45) is 11.1 Å². The molecule has 2 aromatic carbocycles. The molecule has 0 saturated carbocycles. The van der Waals surface area contributed by atoms with Crippen molar-refractivity contribution in [1.29, 1.82) is 5.26 Å². The van der Waals surface area contributed by atoms with Gasteiger partial charge in [-0.3, -0.25) is 4.79 Å². The summed E-state index contributed by atoms with van der Waals surface area (Å²) in [6.45, 7) is 1.10. The quantitative estimate of drug-likeness (QED) is 0.897. The van der Waals surface area contributed by atoms with Crippen LogP contribution >= 0.6 is 0 Å². The van der Waals surface area contributed by atoms with Crippen molar-refractivity contribution in [3.05, 3.63) is 54.1 Å². The highest BCUT2D eigenvalue weighted by molar-refractivity contribution is 7.89. The van der Waals surface area contributed by atoms with Crippen LogP contribution < -0.4 is 5.14 Å². The lowest BCUT2D eigenvalue weighted by Gasteiger charge is -2.29. The highest BCUT2D eigenvalue weighted by Gasteiger charge is 2.24. The Bertz CT molecular complexity index is 962. The largest absolute Gasteiger partial charge is 0.337 e. The van der Waals surface area contributed by atoms with Crippen LogP contribution in [-0.2, 0) is 10.0 Å². The lowest BCUT2D eigenvalue weighted by atomic mass is 9.98. The van der Waals surface area contributed by atoms with Crippen LogP contribution in [0.2, 0.25) is 0 Å². The monoisotopic (exact) mass is 369 g/mol. The van der Waals surface area contributed by atoms with Gasteiger partial charge >= 0.3 is 0 Å². The molecule has 3 rings (SSSR count). The lowest BCUT2D eigenvalue weighted by Crippen LogP contribution is -2.39. The number of carbonyl (C=O) groups is 1. The number of nitriles is 1. The molecule has 2 N–H and O–H groups in total. The van der Waals surface area contributed by atoms with E-state index in [0.717, 1.165) is 12.8 Å². The van der Waals surface area contributed by atoms with Crippen LogP contribution in [0, 0.1) is 17.2 Å². The van der Waals surface area contributed by atoms with Crippen molar-refractivity contribution < 1.29 is 13.2 Å². The molecule has 1 aliphatic rings. The lowest BCUT2D eigenvalue weighted by molar-refractivity contribution is 0.0699. The van der Waals surface area contributed by atoms with E-state index in [9.17, 15) is 13.2 Å². The van der Waals surface area contributed by atoms with Crippen molar-refractivity contribution in [2.45, 2.75) is 17.7 Å². The number of sulfonamides is 1. The fourth-order valence-electron chi connectivity index (χ4n) is 3.20. The van der Waals surface area contributed by atoms with Crippen LogP contribution in [0.3, 0.4) is 0 Å². The maximum atomic E-state index is 12.6. The number of carbonyl (C=O) groups excluding carboxylic acids is 1. The summed E-state index contributed by atoms with van der Waals surface area (Å²) in [6.07, 6.45) is 1.65. The van der Waals surface area contributed by atoms with Gasteiger partial charge in [0.25, 0.3) is 5.91 Å². The molecule has 1 fully saturated rings. The molecule has 0 unspecified atom stereocenters. The molecular weight excluding hydrogens is 350 g/mol. The number of piperidine rings is 1. The van der Waals surface area contributed by atoms with E-state index in [1.165, 1.54) is 6.07 Å². The summed E-state index contributed by atoms with van der Waals surface area (Å²) in [6, 6.07) is 15.5. The summed E-state index contributed by atoms with van der Waals surface area (Å²) in [7, 11) is -3.84. The third-order valence-electron chi connectivity index (χ3n) is 4.53. The van der Waals surface area contributed by atoms with Gasteiger partial charge < -0.3 is 4.90 Å². The Morgan fingerprint density at radius 1 is 1.15 bits per heavy atom. The molecule has 2 aromatic rings. The van der Waals surface area contributed by atoms with E-state index in [0.29, 0.717) is 29.8 Å². The van der Waals surface area contributed by atoms with E-state index < -0.39 is 10.0 Å². The van der Waals surface area contributed by atoms with Crippen LogP contribution in [0.5, 0.6) is 0 Å². The van der Waals surface area contributed by atoms with Gasteiger partial charge in [-0.1, -0.05) is 30.3 Å². The van der Waals surface area contributed by atoms with Gasteiger partial charge in [0.05, 0.1) is 16.9 Å². The summed E-state index contributed by atoms with van der Waals surface area (Å²) in [5.74, 6) is -0.232. The SMILES string of the molecule is N#C[C@H]1CCCN(C(=O)c2ccc(-c3ccccc3S(N)(=O)=O)cc2)C1. The van der Waals surface area contributed by atoms with Gasteiger partial charge in [0.1, 0.15) is 0 Å². The zero-order valence-corrected chi connectivity index (χ0v) is 14.9. The normalized spacial score (nSPS) is 17.5. The van der Waals surface area contributed by atoms with Crippen LogP contribution in [-0.4, -0.2) is 32.3 Å². The smallest absolute Gasteiger partial charge is 0.253 e. The average molecular weight is 369 g/mol. The third kappa shape index (κ3) is 3.77. The first-order valence-electron chi connectivity index (χ1n) is 8.31. The van der Waals surface area contributed by atoms with Crippen LogP contribution in [0.1, 0.15) is 23.2 Å². The second-order valence-corrected chi connectivity index (χ2v) is 7.87. The topological polar surface area (TPSA) is 104 Å². The Labute approximate surface area is 152 Å². The van der Waals surface area contributed by atoms with E-state index in [-0.39, 0.29) is 16.7 Å². The van der Waals surface area contributed by atoms with Gasteiger partial charge in [-0.2, -0.15) is 5.26 Å². The molecule has 1 amide bonds. The van der Waals surface area contributed by atoms with E-state index in [1.54, 1.807) is 47.4 Å². The second kappa shape index (κ2) is 7.28. The molecule has 1 atom stereocenters. The van der Waals surface area contributed by atoms with Gasteiger partial charge in [0.2, 0.25) is 10.0 Å². The fraction of sp³-hybridized carbons (Fsp3) is 0.263. The van der Waals surface area contributed by atoms with E-state index in [4.69, 9.17) is 10.4 Å². The predicted molar refractivity (Wildman–Crippen MR) is 97.5 cm³/mol. The van der Waals surface area contributed by atoms with E-state index in [2.05, 4.69) is 6.07 Å². The van der Waals surface area contributed by atoms with Crippen molar-refractivity contribution in [3.8, 4) is 17.2 Å². The molecule has 1 heterocycles. The number of amides is 1. The molecule has 1 aliphatic heterocycles. The molecule has 0 bridgehead atoms. The first-order valence-corrected chi connectivity index (χ1v) is 9.86. The number of likely N-dealkylation sites (tertiary alicyclic amines) is 1. The first kappa shape index (κ1) is 18.1. The Kier molecular flexibility index (Phi) is 5.07. The number of rotatable bonds is 3. The third-order valence-corrected chi connectivity index (χ3v) is 5.50. The highest BCUT2D eigenvalue weighted by Crippen LogP contribution is 2.27. The number of benzene rings is 2. The Morgan fingerprint density at radius 3 is 2.50 bits per heavy atom. The highest BCUT2D eigenvalue weighted by atomic mass is 32.2. The molecule has 0 spiro atoms. The van der Waals surface area contributed by atoms with Crippen LogP contribution in [0.4, 0.5) is 0 Å². The van der Waals surface area contributed by atoms with Crippen molar-refractivity contribution in [1.82, 2.24) is 4.90 Å². The van der Waals surface area contributed by atoms with E-state index in [1.807, 2.05) is 0 Å². The van der Waals surface area contributed by atoms with E-state index >= 15 is 0 Å². The Morgan fingerprint density at radius 2 is 1.85 bits per heavy atom. The number of primary sulfonamides is 1. The number of hydrogen-bond acceptors (Lipinski definition) is 4. The standard InChI is InChI=1S/C19H19N3O3S/c20-12-14-4-3-11-22(13-14)19(23)16-9-7-15(8-10-16)17-5-1-2-6-18(17)26(21,24)25/h1-2,5-10,14H,3-4,11,13H2,(H2,21,24,25)/t14-/m1/s1. The van der Waals surface area contributed by atoms with Crippen molar-refractivity contribution in [3.63, 3.8) is 0 Å². The summed E-state index contributed by atoms with van der Waals surface area (Å²) < 4.78 is 23.5. The first-order chi connectivity index (χ1) is 12.4. The molecule has 0 aromatic heterocycles. The maximum Gasteiger partial charge on any atom is 0.253 e. The van der Waals surface area contributed by atoms with Gasteiger partial charge in [-0.15, -0.1) is 0 Å². The fourth-order valence-corrected chi connectivity index (χ4v) is 3.96. The maximum absolute atomic E-state index is 12.6. The Balaban J connectivity index is 1.86. The zero-order valence-electron chi connectivity index (χ0n) is 14.1. The summed E-state index contributed by atoms with van der Waals surface area (Å²) in [5, 5.41) is 14.3. The van der Waals surface area contributed by atoms with Gasteiger partial charge in [0, 0.05) is 24.2 Å². The number of nitrogens with zero attached hydrogens (tertiary/aromatic N) is 2. The molecule has 0 radical (unpaired) electrons. The van der Waals surface area contributed by atoms with Crippen LogP contribution in [0.25, 0.3) is 11.1 Å². The molecule has 6 nitrogen and oxygen atoms in total. The molecule has 7 heteroatoms. The minimum atomic E-state index is -3.84. The molecule has 26 heavy (non-hydrogen) atoms. The minimum absolute atomic E-state index is 0.0481. The van der Waals surface area contributed by atoms with Gasteiger partial charge in [-0.25, -0.2) is 13.6 Å². The Hall–Kier alpha value is -2.69. The average Bonchev–Trinajstić information content (AvgIpc) is 2.67.